The molecule has 4 nitrogen and oxygen atoms in total. The van der Waals surface area contributed by atoms with E-state index in [1.165, 1.54) is 0 Å². The molecular formula is C14H13NO3. The summed E-state index contributed by atoms with van der Waals surface area (Å²) in [6.45, 7) is 0. The van der Waals surface area contributed by atoms with E-state index in [0.29, 0.717) is 0 Å². The van der Waals surface area contributed by atoms with E-state index < -0.39 is 17.5 Å². The number of carboxylic acid groups (broad SMARTS) is 1. The molecule has 1 aromatic heterocycles. The van der Waals surface area contributed by atoms with Crippen molar-refractivity contribution in [2.24, 2.45) is 5.92 Å². The fourth-order valence-electron chi connectivity index (χ4n) is 2.52. The summed E-state index contributed by atoms with van der Waals surface area (Å²) in [5.41, 5.74) is 0.572. The minimum Gasteiger partial charge on any atom is -0.481 e. The van der Waals surface area contributed by atoms with Gasteiger partial charge in [0.25, 0.3) is 0 Å². The van der Waals surface area contributed by atoms with Crippen LogP contribution >= 0.6 is 0 Å². The fraction of sp³-hybridized carbons (Fsp3) is 0.286. The van der Waals surface area contributed by atoms with Gasteiger partial charge < -0.3 is 10.2 Å². The van der Waals surface area contributed by atoms with Crippen LogP contribution in [0.4, 0.5) is 0 Å². The van der Waals surface area contributed by atoms with Gasteiger partial charge in [0.2, 0.25) is 0 Å². The summed E-state index contributed by atoms with van der Waals surface area (Å²) in [7, 11) is 0. The standard InChI is InChI=1S/C14H13NO3/c16-13(17)10-7-14(18,8-10)11-4-3-9-2-1-5-15-12(9)6-11/h1-6,10,18H,7-8H2,(H,16,17). The first-order valence-electron chi connectivity index (χ1n) is 5.89. The Balaban J connectivity index is 1.94. The first kappa shape index (κ1) is 11.2. The lowest BCUT2D eigenvalue weighted by Crippen LogP contribution is -2.44. The normalized spacial score (nSPS) is 26.8. The Kier molecular flexibility index (Phi) is 2.35. The highest BCUT2D eigenvalue weighted by atomic mass is 16.4. The zero-order chi connectivity index (χ0) is 12.8. The van der Waals surface area contributed by atoms with Crippen LogP contribution < -0.4 is 0 Å². The maximum absolute atomic E-state index is 10.8. The molecule has 92 valence electrons. The zero-order valence-electron chi connectivity index (χ0n) is 9.71. The van der Waals surface area contributed by atoms with Crippen LogP contribution in [0.15, 0.2) is 36.5 Å². The van der Waals surface area contributed by atoms with Crippen LogP contribution in [0, 0.1) is 5.92 Å². The molecule has 1 saturated carbocycles. The van der Waals surface area contributed by atoms with Crippen molar-refractivity contribution in [3.63, 3.8) is 0 Å². The molecule has 0 radical (unpaired) electrons. The zero-order valence-corrected chi connectivity index (χ0v) is 9.71. The Morgan fingerprint density at radius 3 is 2.83 bits per heavy atom. The summed E-state index contributed by atoms with van der Waals surface area (Å²) >= 11 is 0. The number of benzene rings is 1. The highest BCUT2D eigenvalue weighted by molar-refractivity contribution is 5.79. The van der Waals surface area contributed by atoms with Crippen LogP contribution in [-0.2, 0) is 10.4 Å². The number of aromatic nitrogens is 1. The smallest absolute Gasteiger partial charge is 0.306 e. The summed E-state index contributed by atoms with van der Waals surface area (Å²) in [6.07, 6.45) is 2.26. The summed E-state index contributed by atoms with van der Waals surface area (Å²) in [4.78, 5) is 15.0. The van der Waals surface area contributed by atoms with Crippen molar-refractivity contribution in [1.29, 1.82) is 0 Å². The van der Waals surface area contributed by atoms with Gasteiger partial charge in [-0.25, -0.2) is 0 Å². The molecule has 1 aliphatic carbocycles. The number of aliphatic hydroxyl groups is 1. The number of aliphatic carboxylic acids is 1. The lowest BCUT2D eigenvalue weighted by molar-refractivity contribution is -0.159. The molecule has 1 heterocycles. The van der Waals surface area contributed by atoms with Crippen LogP contribution in [-0.4, -0.2) is 21.2 Å². The molecule has 0 unspecified atom stereocenters. The minimum atomic E-state index is -1.01. The Bertz CT molecular complexity index is 617. The molecule has 0 spiro atoms. The van der Waals surface area contributed by atoms with Gasteiger partial charge in [0.05, 0.1) is 17.0 Å². The third-order valence-corrected chi connectivity index (χ3v) is 3.66. The predicted molar refractivity (Wildman–Crippen MR) is 66.0 cm³/mol. The number of carbonyl (C=O) groups is 1. The van der Waals surface area contributed by atoms with Crippen molar-refractivity contribution >= 4 is 16.9 Å². The average Bonchev–Trinajstić information content (AvgIpc) is 2.34. The molecule has 18 heavy (non-hydrogen) atoms. The van der Waals surface area contributed by atoms with Crippen LogP contribution in [0.5, 0.6) is 0 Å². The van der Waals surface area contributed by atoms with E-state index in [4.69, 9.17) is 5.11 Å². The summed E-state index contributed by atoms with van der Waals surface area (Å²) in [5, 5.41) is 20.2. The van der Waals surface area contributed by atoms with Gasteiger partial charge in [0.1, 0.15) is 0 Å². The quantitative estimate of drug-likeness (QED) is 0.845. The lowest BCUT2D eigenvalue weighted by Gasteiger charge is -2.41. The van der Waals surface area contributed by atoms with Gasteiger partial charge in [-0.2, -0.15) is 0 Å². The first-order valence-corrected chi connectivity index (χ1v) is 5.89. The van der Waals surface area contributed by atoms with Crippen molar-refractivity contribution in [3.05, 3.63) is 42.1 Å². The number of hydrogen-bond acceptors (Lipinski definition) is 3. The molecule has 3 rings (SSSR count). The average molecular weight is 243 g/mol. The van der Waals surface area contributed by atoms with Gasteiger partial charge in [-0.3, -0.25) is 9.78 Å². The maximum atomic E-state index is 10.8. The second-order valence-corrected chi connectivity index (χ2v) is 4.89. The second kappa shape index (κ2) is 3.78. The summed E-state index contributed by atoms with van der Waals surface area (Å²) < 4.78 is 0. The van der Waals surface area contributed by atoms with E-state index in [1.54, 1.807) is 6.20 Å². The number of hydrogen-bond donors (Lipinski definition) is 2. The highest BCUT2D eigenvalue weighted by Gasteiger charge is 2.47. The van der Waals surface area contributed by atoms with Crippen LogP contribution in [0.25, 0.3) is 10.9 Å². The van der Waals surface area contributed by atoms with Crippen molar-refractivity contribution in [2.45, 2.75) is 18.4 Å². The molecule has 1 fully saturated rings. The molecule has 4 heteroatoms. The maximum Gasteiger partial charge on any atom is 0.306 e. The highest BCUT2D eigenvalue weighted by Crippen LogP contribution is 2.46. The SMILES string of the molecule is O=C(O)C1CC(O)(c2ccc3cccnc3c2)C1. The number of rotatable bonds is 2. The molecule has 0 aliphatic heterocycles. The van der Waals surface area contributed by atoms with E-state index in [0.717, 1.165) is 16.5 Å². The van der Waals surface area contributed by atoms with E-state index >= 15 is 0 Å². The van der Waals surface area contributed by atoms with Gasteiger partial charge in [0, 0.05) is 11.6 Å². The van der Waals surface area contributed by atoms with Gasteiger partial charge in [-0.15, -0.1) is 0 Å². The van der Waals surface area contributed by atoms with Crippen LogP contribution in [0.2, 0.25) is 0 Å². The number of fused-ring (bicyclic) bond motifs is 1. The Hall–Kier alpha value is -1.94. The third kappa shape index (κ3) is 1.66. The topological polar surface area (TPSA) is 70.4 Å². The monoisotopic (exact) mass is 243 g/mol. The van der Waals surface area contributed by atoms with Gasteiger partial charge in [0.15, 0.2) is 0 Å². The Morgan fingerprint density at radius 2 is 2.11 bits per heavy atom. The minimum absolute atomic E-state index is 0.278. The third-order valence-electron chi connectivity index (χ3n) is 3.66. The molecule has 2 aromatic rings. The van der Waals surface area contributed by atoms with Crippen LogP contribution in [0.3, 0.4) is 0 Å². The molecular weight excluding hydrogens is 230 g/mol. The first-order chi connectivity index (χ1) is 8.58. The van der Waals surface area contributed by atoms with Crippen LogP contribution in [0.1, 0.15) is 18.4 Å². The molecule has 1 aromatic carbocycles. The summed E-state index contributed by atoms with van der Waals surface area (Å²) in [5.74, 6) is -1.27. The van der Waals surface area contributed by atoms with Gasteiger partial charge in [-0.05, 0) is 30.5 Å². The van der Waals surface area contributed by atoms with Crippen molar-refractivity contribution in [2.75, 3.05) is 0 Å². The second-order valence-electron chi connectivity index (χ2n) is 4.89. The molecule has 1 aliphatic rings. The molecule has 2 N–H and O–H groups in total. The van der Waals surface area contributed by atoms with E-state index in [9.17, 15) is 9.90 Å². The lowest BCUT2D eigenvalue weighted by atomic mass is 9.67. The number of carboxylic acids is 1. The Morgan fingerprint density at radius 1 is 1.33 bits per heavy atom. The largest absolute Gasteiger partial charge is 0.481 e. The molecule has 0 atom stereocenters. The van der Waals surface area contributed by atoms with Gasteiger partial charge >= 0.3 is 5.97 Å². The number of nitrogens with zero attached hydrogens (tertiary/aromatic N) is 1. The van der Waals surface area contributed by atoms with E-state index in [2.05, 4.69) is 4.98 Å². The number of pyridine rings is 1. The molecule has 0 amide bonds. The Labute approximate surface area is 104 Å². The van der Waals surface area contributed by atoms with E-state index in [-0.39, 0.29) is 12.8 Å². The molecule has 0 bridgehead atoms. The van der Waals surface area contributed by atoms with Crippen molar-refractivity contribution in [3.8, 4) is 0 Å². The predicted octanol–water partition coefficient (Wildman–Crippen LogP) is 1.92. The van der Waals surface area contributed by atoms with Gasteiger partial charge in [-0.1, -0.05) is 18.2 Å². The van der Waals surface area contributed by atoms with Crippen molar-refractivity contribution in [1.82, 2.24) is 4.98 Å². The van der Waals surface area contributed by atoms with Crippen molar-refractivity contribution < 1.29 is 15.0 Å². The van der Waals surface area contributed by atoms with E-state index in [1.807, 2.05) is 30.3 Å². The molecule has 0 saturated heterocycles. The fourth-order valence-corrected chi connectivity index (χ4v) is 2.52. The summed E-state index contributed by atoms with van der Waals surface area (Å²) in [6, 6.07) is 9.41.